The van der Waals surface area contributed by atoms with Crippen LogP contribution < -0.4 is 11.1 Å². The SMILES string of the molecule is CC[C@H]1OC(=O)[C@H](C)C(=O)[C@H](C)[C@@H](O[C@@H]2O[C@H](C)CC(N(C)C)C2O)[C@](C)(OC)C[C@@H](C)CN[C@H](C)[C@H]2N(CCCCCn3cc(-c4cccc(N)c4)nn3)C(=O)O[C@]12C. The quantitative estimate of drug-likeness (QED) is 0.116. The third-order valence-corrected chi connectivity index (χ3v) is 13.1. The van der Waals surface area contributed by atoms with Crippen LogP contribution in [0, 0.1) is 17.8 Å². The maximum absolute atomic E-state index is 14.4. The van der Waals surface area contributed by atoms with Crippen molar-refractivity contribution in [1.82, 2.24) is 30.1 Å². The minimum absolute atomic E-state index is 0.00636. The Bertz CT molecular complexity index is 1760. The molecule has 0 aliphatic carbocycles. The summed E-state index contributed by atoms with van der Waals surface area (Å²) in [5, 5.41) is 23.7. The Labute approximate surface area is 356 Å². The summed E-state index contributed by atoms with van der Waals surface area (Å²) in [7, 11) is 5.40. The van der Waals surface area contributed by atoms with Crippen LogP contribution in [0.15, 0.2) is 30.5 Å². The van der Waals surface area contributed by atoms with Gasteiger partial charge in [-0.2, -0.15) is 0 Å². The highest BCUT2D eigenvalue weighted by atomic mass is 16.7. The number of nitrogens with zero attached hydrogens (tertiary/aromatic N) is 5. The lowest BCUT2D eigenvalue weighted by Gasteiger charge is -2.46. The van der Waals surface area contributed by atoms with Gasteiger partial charge in [0.15, 0.2) is 17.7 Å². The molecule has 1 aromatic carbocycles. The number of unbranched alkanes of at least 4 members (excludes halogenated alkanes) is 2. The maximum atomic E-state index is 14.4. The second-order valence-electron chi connectivity index (χ2n) is 18.1. The van der Waals surface area contributed by atoms with Crippen molar-refractivity contribution in [3.8, 4) is 11.3 Å². The highest BCUT2D eigenvalue weighted by Crippen LogP contribution is 2.40. The molecule has 3 saturated heterocycles. The molecular formula is C44H71N7O9. The lowest BCUT2D eigenvalue weighted by molar-refractivity contribution is -0.295. The Morgan fingerprint density at radius 2 is 1.78 bits per heavy atom. The van der Waals surface area contributed by atoms with Crippen LogP contribution in [0.3, 0.4) is 0 Å². The fourth-order valence-corrected chi connectivity index (χ4v) is 9.63. The predicted octanol–water partition coefficient (Wildman–Crippen LogP) is 4.67. The number of benzene rings is 1. The summed E-state index contributed by atoms with van der Waals surface area (Å²) >= 11 is 0. The van der Waals surface area contributed by atoms with E-state index in [0.29, 0.717) is 51.0 Å². The van der Waals surface area contributed by atoms with Crippen LogP contribution in [0.2, 0.25) is 0 Å². The van der Waals surface area contributed by atoms with Crippen molar-refractivity contribution in [1.29, 1.82) is 0 Å². The van der Waals surface area contributed by atoms with Crippen molar-refractivity contribution >= 4 is 23.5 Å². The van der Waals surface area contributed by atoms with Crippen molar-refractivity contribution in [3.05, 3.63) is 30.5 Å². The van der Waals surface area contributed by atoms with Gasteiger partial charge in [0.1, 0.15) is 23.8 Å². The number of ether oxygens (including phenoxy) is 5. The van der Waals surface area contributed by atoms with E-state index in [1.807, 2.05) is 88.8 Å². The summed E-state index contributed by atoms with van der Waals surface area (Å²) < 4.78 is 33.3. The van der Waals surface area contributed by atoms with E-state index in [1.165, 1.54) is 0 Å². The summed E-state index contributed by atoms with van der Waals surface area (Å²) in [5.74, 6) is -3.14. The standard InChI is InChI=1S/C44H71N7O9/c1-12-35-44(8)38(51(42(55)60-44)20-15-13-14-19-50-25-33(47-48-50)31-17-16-18-32(45)22-31)30(6)46-24-26(2)23-43(7,56-11)39(28(4)36(52)29(5)40(54)58-35)59-41-37(53)34(49(9)10)21-27(3)57-41/h16-18,22,25-30,34-35,37-39,41,46,53H,12-15,19-21,23-24,45H2,1-11H3/t26-,27-,28+,29-,30-,34?,35-,37?,38-,39-,41+,43-,44-/m1/s1. The van der Waals surface area contributed by atoms with E-state index in [2.05, 4.69) is 22.6 Å². The van der Waals surface area contributed by atoms with Gasteiger partial charge in [0, 0.05) is 49.5 Å². The second-order valence-corrected chi connectivity index (χ2v) is 18.1. The molecule has 60 heavy (non-hydrogen) atoms. The summed E-state index contributed by atoms with van der Waals surface area (Å²) in [6, 6.07) is 6.53. The third-order valence-electron chi connectivity index (χ3n) is 13.1. The Balaban J connectivity index is 1.35. The van der Waals surface area contributed by atoms with Gasteiger partial charge in [-0.3, -0.25) is 19.2 Å². The van der Waals surface area contributed by atoms with Gasteiger partial charge in [0.2, 0.25) is 0 Å². The Hall–Kier alpha value is -3.67. The zero-order valence-electron chi connectivity index (χ0n) is 37.6. The second kappa shape index (κ2) is 20.0. The van der Waals surface area contributed by atoms with Crippen LogP contribution in [0.4, 0.5) is 10.5 Å². The molecule has 3 aliphatic heterocycles. The van der Waals surface area contributed by atoms with E-state index < -0.39 is 71.5 Å². The average Bonchev–Trinajstić information content (AvgIpc) is 3.78. The number of carbonyl (C=O) groups excluding carboxylic acids is 3. The minimum Gasteiger partial charge on any atom is -0.458 e. The van der Waals surface area contributed by atoms with E-state index in [-0.39, 0.29) is 24.1 Å². The van der Waals surface area contributed by atoms with Crippen LogP contribution in [-0.4, -0.2) is 142 Å². The molecule has 0 saturated carbocycles. The molecular weight excluding hydrogens is 771 g/mol. The molecule has 0 spiro atoms. The molecule has 16 nitrogen and oxygen atoms in total. The largest absolute Gasteiger partial charge is 0.458 e. The van der Waals surface area contributed by atoms with Crippen molar-refractivity contribution in [2.75, 3.05) is 40.0 Å². The molecule has 16 heteroatoms. The molecule has 1 aromatic heterocycles. The summed E-state index contributed by atoms with van der Waals surface area (Å²) in [6.45, 7) is 16.6. The van der Waals surface area contributed by atoms with Crippen molar-refractivity contribution in [3.63, 3.8) is 0 Å². The number of Topliss-reactive ketones (excluding diaryl/α,β-unsaturated/α-hetero) is 1. The first-order chi connectivity index (χ1) is 28.3. The lowest BCUT2D eigenvalue weighted by atomic mass is 9.78. The van der Waals surface area contributed by atoms with Crippen LogP contribution in [0.25, 0.3) is 11.3 Å². The fourth-order valence-electron chi connectivity index (χ4n) is 9.63. The number of amides is 1. The van der Waals surface area contributed by atoms with E-state index in [1.54, 1.807) is 25.9 Å². The Morgan fingerprint density at radius 1 is 1.07 bits per heavy atom. The van der Waals surface area contributed by atoms with E-state index >= 15 is 0 Å². The molecule has 0 bridgehead atoms. The number of fused-ring (bicyclic) bond motifs is 1. The number of aromatic nitrogens is 3. The zero-order chi connectivity index (χ0) is 44.1. The maximum Gasteiger partial charge on any atom is 0.410 e. The molecule has 3 aliphatic rings. The number of nitrogen functional groups attached to an aromatic ring is 1. The van der Waals surface area contributed by atoms with Gasteiger partial charge >= 0.3 is 12.1 Å². The van der Waals surface area contributed by atoms with E-state index in [0.717, 1.165) is 24.1 Å². The number of carbonyl (C=O) groups is 3. The Kier molecular flexibility index (Phi) is 15.8. The number of nitrogens with two attached hydrogens (primary N) is 1. The highest BCUT2D eigenvalue weighted by molar-refractivity contribution is 6.00. The first kappa shape index (κ1) is 47.4. The number of likely N-dealkylation sites (N-methyl/N-ethyl adjacent to an activating group) is 1. The molecule has 2 unspecified atom stereocenters. The number of aliphatic hydroxyl groups is 1. The predicted molar refractivity (Wildman–Crippen MR) is 227 cm³/mol. The summed E-state index contributed by atoms with van der Waals surface area (Å²) in [6.07, 6.45) is 1.25. The number of aryl methyl sites for hydroxylation is 1. The normalized spacial score (nSPS) is 36.0. The van der Waals surface area contributed by atoms with E-state index in [9.17, 15) is 19.5 Å². The minimum atomic E-state index is -1.22. The number of esters is 1. The highest BCUT2D eigenvalue weighted by Gasteiger charge is 2.58. The molecule has 0 radical (unpaired) electrons. The number of nitrogens with one attached hydrogen (secondary N) is 1. The Morgan fingerprint density at radius 3 is 2.45 bits per heavy atom. The van der Waals surface area contributed by atoms with Gasteiger partial charge in [0.25, 0.3) is 0 Å². The van der Waals surface area contributed by atoms with Gasteiger partial charge in [-0.1, -0.05) is 38.1 Å². The zero-order valence-corrected chi connectivity index (χ0v) is 37.6. The van der Waals surface area contributed by atoms with Crippen LogP contribution in [0.5, 0.6) is 0 Å². The average molecular weight is 842 g/mol. The molecule has 1 amide bonds. The number of cyclic esters (lactones) is 1. The monoisotopic (exact) mass is 842 g/mol. The van der Waals surface area contributed by atoms with Gasteiger partial charge in [-0.15, -0.1) is 5.10 Å². The van der Waals surface area contributed by atoms with Crippen molar-refractivity contribution in [2.45, 2.75) is 160 Å². The van der Waals surface area contributed by atoms with Gasteiger partial charge < -0.3 is 44.7 Å². The molecule has 2 aromatic rings. The van der Waals surface area contributed by atoms with Crippen molar-refractivity contribution in [2.24, 2.45) is 17.8 Å². The number of anilines is 1. The number of aliphatic hydroxyl groups excluding tert-OH is 1. The number of rotatable bonds is 12. The third kappa shape index (κ3) is 10.5. The smallest absolute Gasteiger partial charge is 0.410 e. The van der Waals surface area contributed by atoms with Gasteiger partial charge in [-0.25, -0.2) is 4.79 Å². The lowest BCUT2D eigenvalue weighted by Crippen LogP contribution is -2.61. The molecule has 336 valence electrons. The molecule has 4 heterocycles. The number of methoxy groups -OCH3 is 1. The fraction of sp³-hybridized carbons (Fsp3) is 0.750. The van der Waals surface area contributed by atoms with Gasteiger partial charge in [-0.05, 0) is 112 Å². The first-order valence-electron chi connectivity index (χ1n) is 21.8. The molecule has 13 atom stereocenters. The topological polar surface area (TPSA) is 193 Å². The van der Waals surface area contributed by atoms with Crippen LogP contribution in [-0.2, 0) is 39.8 Å². The van der Waals surface area contributed by atoms with Crippen LogP contribution >= 0.6 is 0 Å². The first-order valence-corrected chi connectivity index (χ1v) is 21.8. The number of ketones is 1. The summed E-state index contributed by atoms with van der Waals surface area (Å²) in [5.41, 5.74) is 6.02. The number of hydrogen-bond donors (Lipinski definition) is 3. The summed E-state index contributed by atoms with van der Waals surface area (Å²) in [4.78, 5) is 45.9. The van der Waals surface area contributed by atoms with Crippen molar-refractivity contribution < 1.29 is 43.2 Å². The number of hydrogen-bond acceptors (Lipinski definition) is 14. The molecule has 5 rings (SSSR count). The van der Waals surface area contributed by atoms with Gasteiger partial charge in [0.05, 0.1) is 30.0 Å². The molecule has 3 fully saturated rings. The molecule has 4 N–H and O–H groups in total. The van der Waals surface area contributed by atoms with Crippen LogP contribution in [0.1, 0.15) is 93.9 Å². The van der Waals surface area contributed by atoms with E-state index in [4.69, 9.17) is 29.4 Å².